The van der Waals surface area contributed by atoms with E-state index >= 15 is 0 Å². The van der Waals surface area contributed by atoms with Gasteiger partial charge in [0, 0.05) is 0 Å². The second-order valence-electron chi connectivity index (χ2n) is 10.7. The summed E-state index contributed by atoms with van der Waals surface area (Å²) in [6, 6.07) is 7.29. The van der Waals surface area contributed by atoms with Gasteiger partial charge in [-0.15, -0.1) is 0 Å². The molecule has 0 unspecified atom stereocenters. The SMILES string of the molecule is CC(C)(C)OC(=O)[C@H](CC(=O)OCc1ccccc1)N(C(=O)OC(C)(C)C)C(=O)OC(C)(C)C. The second-order valence-corrected chi connectivity index (χ2v) is 10.7. The fraction of sp³-hybridized carbons (Fsp3) is 0.600. The van der Waals surface area contributed by atoms with Gasteiger partial charge in [-0.1, -0.05) is 30.3 Å². The zero-order valence-electron chi connectivity index (χ0n) is 21.6. The number of nitrogens with zero attached hydrogens (tertiary/aromatic N) is 1. The quantitative estimate of drug-likeness (QED) is 0.414. The summed E-state index contributed by atoms with van der Waals surface area (Å²) in [5.41, 5.74) is -2.18. The third-order valence-corrected chi connectivity index (χ3v) is 3.77. The van der Waals surface area contributed by atoms with Crippen molar-refractivity contribution in [2.75, 3.05) is 0 Å². The van der Waals surface area contributed by atoms with E-state index < -0.39 is 53.4 Å². The highest BCUT2D eigenvalue weighted by molar-refractivity contribution is 5.96. The number of esters is 2. The maximum Gasteiger partial charge on any atom is 0.420 e. The fourth-order valence-electron chi connectivity index (χ4n) is 2.56. The van der Waals surface area contributed by atoms with Crippen LogP contribution in [0.4, 0.5) is 9.59 Å². The van der Waals surface area contributed by atoms with Crippen LogP contribution in [0.2, 0.25) is 0 Å². The van der Waals surface area contributed by atoms with E-state index in [0.717, 1.165) is 5.56 Å². The van der Waals surface area contributed by atoms with Gasteiger partial charge in [-0.3, -0.25) is 4.79 Å². The molecule has 1 aromatic carbocycles. The number of rotatable bonds is 6. The summed E-state index contributed by atoms with van der Waals surface area (Å²) in [7, 11) is 0. The molecule has 0 aliphatic rings. The molecule has 2 amide bonds. The van der Waals surface area contributed by atoms with Gasteiger partial charge < -0.3 is 18.9 Å². The molecule has 0 fully saturated rings. The Morgan fingerprint density at radius 3 is 1.59 bits per heavy atom. The van der Waals surface area contributed by atoms with Crippen LogP contribution in [-0.2, 0) is 35.1 Å². The number of carbonyl (C=O) groups excluding carboxylic acids is 4. The highest BCUT2D eigenvalue weighted by atomic mass is 16.6. The number of amides is 2. The first-order chi connectivity index (χ1) is 15.4. The van der Waals surface area contributed by atoms with E-state index in [4.69, 9.17) is 18.9 Å². The van der Waals surface area contributed by atoms with Crippen molar-refractivity contribution in [1.82, 2.24) is 4.90 Å². The lowest BCUT2D eigenvalue weighted by atomic mass is 10.1. The van der Waals surface area contributed by atoms with E-state index in [-0.39, 0.29) is 6.61 Å². The van der Waals surface area contributed by atoms with Crippen LogP contribution in [0.3, 0.4) is 0 Å². The monoisotopic (exact) mass is 479 g/mol. The third kappa shape index (κ3) is 11.2. The van der Waals surface area contributed by atoms with Crippen molar-refractivity contribution in [1.29, 1.82) is 0 Å². The molecular weight excluding hydrogens is 442 g/mol. The van der Waals surface area contributed by atoms with Gasteiger partial charge in [0.05, 0.1) is 6.42 Å². The molecule has 0 saturated heterocycles. The summed E-state index contributed by atoms with van der Waals surface area (Å²) >= 11 is 0. The zero-order chi connectivity index (χ0) is 26.3. The minimum Gasteiger partial charge on any atom is -0.461 e. The van der Waals surface area contributed by atoms with Crippen molar-refractivity contribution in [3.63, 3.8) is 0 Å². The van der Waals surface area contributed by atoms with Gasteiger partial charge in [0.25, 0.3) is 0 Å². The van der Waals surface area contributed by atoms with Crippen LogP contribution in [0.1, 0.15) is 74.3 Å². The molecule has 0 saturated carbocycles. The van der Waals surface area contributed by atoms with Crippen molar-refractivity contribution >= 4 is 24.1 Å². The number of imide groups is 1. The Hall–Kier alpha value is -3.10. The van der Waals surface area contributed by atoms with Crippen LogP contribution in [0, 0.1) is 0 Å². The fourth-order valence-corrected chi connectivity index (χ4v) is 2.56. The molecule has 1 atom stereocenters. The van der Waals surface area contributed by atoms with E-state index in [1.165, 1.54) is 0 Å². The van der Waals surface area contributed by atoms with Crippen molar-refractivity contribution in [3.8, 4) is 0 Å². The van der Waals surface area contributed by atoms with E-state index in [1.807, 2.05) is 6.07 Å². The Balaban J connectivity index is 3.28. The van der Waals surface area contributed by atoms with E-state index in [9.17, 15) is 19.2 Å². The highest BCUT2D eigenvalue weighted by Crippen LogP contribution is 2.21. The summed E-state index contributed by atoms with van der Waals surface area (Å²) in [6.07, 6.45) is -2.93. The molecule has 9 heteroatoms. The van der Waals surface area contributed by atoms with E-state index in [1.54, 1.807) is 86.6 Å². The van der Waals surface area contributed by atoms with Crippen molar-refractivity contribution in [3.05, 3.63) is 35.9 Å². The third-order valence-electron chi connectivity index (χ3n) is 3.77. The molecule has 190 valence electrons. The predicted molar refractivity (Wildman–Crippen MR) is 125 cm³/mol. The van der Waals surface area contributed by atoms with Crippen molar-refractivity contribution < 1.29 is 38.1 Å². The van der Waals surface area contributed by atoms with E-state index in [2.05, 4.69) is 0 Å². The predicted octanol–water partition coefficient (Wildman–Crippen LogP) is 5.00. The lowest BCUT2D eigenvalue weighted by molar-refractivity contribution is -0.165. The van der Waals surface area contributed by atoms with Crippen LogP contribution in [0.15, 0.2) is 30.3 Å². The molecule has 0 bridgehead atoms. The molecule has 0 spiro atoms. The molecule has 0 heterocycles. The van der Waals surface area contributed by atoms with Crippen LogP contribution >= 0.6 is 0 Å². The maximum absolute atomic E-state index is 13.1. The first kappa shape index (κ1) is 28.9. The summed E-state index contributed by atoms with van der Waals surface area (Å²) in [6.45, 7) is 14.5. The Bertz CT molecular complexity index is 832. The summed E-state index contributed by atoms with van der Waals surface area (Å²) in [5.74, 6) is -1.78. The normalized spacial score (nSPS) is 12.9. The van der Waals surface area contributed by atoms with Gasteiger partial charge in [-0.05, 0) is 67.9 Å². The van der Waals surface area contributed by atoms with Gasteiger partial charge in [0.2, 0.25) is 0 Å². The Kier molecular flexibility index (Phi) is 9.66. The summed E-state index contributed by atoms with van der Waals surface area (Å²) in [5, 5.41) is 0. The molecule has 0 radical (unpaired) electrons. The Morgan fingerprint density at radius 1 is 0.735 bits per heavy atom. The maximum atomic E-state index is 13.1. The highest BCUT2D eigenvalue weighted by Gasteiger charge is 2.43. The molecule has 1 rings (SSSR count). The number of benzene rings is 1. The smallest absolute Gasteiger partial charge is 0.420 e. The second kappa shape index (κ2) is 11.4. The van der Waals surface area contributed by atoms with Gasteiger partial charge in [0.15, 0.2) is 6.04 Å². The number of carbonyl (C=O) groups is 4. The molecule has 0 aliphatic heterocycles. The standard InChI is InChI=1S/C25H37NO8/c1-23(2,3)32-20(28)18(15-19(27)31-16-17-13-11-10-12-14-17)26(21(29)33-24(4,5)6)22(30)34-25(7,8)9/h10-14,18H,15-16H2,1-9H3/t18-/m0/s1. The van der Waals surface area contributed by atoms with Gasteiger partial charge >= 0.3 is 24.1 Å². The summed E-state index contributed by atoms with van der Waals surface area (Å²) < 4.78 is 21.3. The Labute approximate surface area is 201 Å². The lowest BCUT2D eigenvalue weighted by Crippen LogP contribution is -2.54. The molecule has 34 heavy (non-hydrogen) atoms. The number of ether oxygens (including phenoxy) is 4. The van der Waals surface area contributed by atoms with Gasteiger partial charge in [0.1, 0.15) is 23.4 Å². The largest absolute Gasteiger partial charge is 0.461 e. The van der Waals surface area contributed by atoms with E-state index in [0.29, 0.717) is 4.90 Å². The molecule has 0 N–H and O–H groups in total. The van der Waals surface area contributed by atoms with Gasteiger partial charge in [-0.25, -0.2) is 14.4 Å². The van der Waals surface area contributed by atoms with Crippen molar-refractivity contribution in [2.24, 2.45) is 0 Å². The number of hydrogen-bond acceptors (Lipinski definition) is 8. The minimum absolute atomic E-state index is 0.0421. The molecule has 0 aliphatic carbocycles. The topological polar surface area (TPSA) is 108 Å². The van der Waals surface area contributed by atoms with Crippen LogP contribution in [-0.4, -0.2) is 51.9 Å². The van der Waals surface area contributed by atoms with Gasteiger partial charge in [-0.2, -0.15) is 4.90 Å². The minimum atomic E-state index is -1.66. The van der Waals surface area contributed by atoms with Crippen molar-refractivity contribution in [2.45, 2.75) is 98.2 Å². The number of hydrogen-bond donors (Lipinski definition) is 0. The molecule has 9 nitrogen and oxygen atoms in total. The first-order valence-electron chi connectivity index (χ1n) is 11.1. The van der Waals surface area contributed by atoms with Crippen LogP contribution < -0.4 is 0 Å². The zero-order valence-corrected chi connectivity index (χ0v) is 21.6. The average Bonchev–Trinajstić information content (AvgIpc) is 2.62. The molecular formula is C25H37NO8. The first-order valence-corrected chi connectivity index (χ1v) is 11.1. The average molecular weight is 480 g/mol. The van der Waals surface area contributed by atoms with Crippen LogP contribution in [0.5, 0.6) is 0 Å². The molecule has 1 aromatic rings. The molecule has 0 aromatic heterocycles. The van der Waals surface area contributed by atoms with Crippen LogP contribution in [0.25, 0.3) is 0 Å². The Morgan fingerprint density at radius 2 is 1.18 bits per heavy atom. The summed E-state index contributed by atoms with van der Waals surface area (Å²) in [4.78, 5) is 52.2. The lowest BCUT2D eigenvalue weighted by Gasteiger charge is -2.33.